The molecule has 0 aromatic carbocycles. The normalized spacial score (nSPS) is 16.7. The molecular weight excluding hydrogens is 386 g/mol. The van der Waals surface area contributed by atoms with Crippen LogP contribution in [0.2, 0.25) is 0 Å². The first-order valence-corrected chi connectivity index (χ1v) is 10.5. The Hall–Kier alpha value is -2.17. The number of ether oxygens (including phenoxy) is 1. The molecule has 0 aliphatic carbocycles. The van der Waals surface area contributed by atoms with Gasteiger partial charge < -0.3 is 14.6 Å². The van der Waals surface area contributed by atoms with Gasteiger partial charge in [-0.2, -0.15) is 0 Å². The number of carbonyl (C=O) groups is 1. The zero-order valence-corrected chi connectivity index (χ0v) is 16.4. The van der Waals surface area contributed by atoms with Crippen LogP contribution in [0.25, 0.3) is 10.7 Å². The number of aromatic nitrogens is 4. The molecule has 142 valence electrons. The Kier molecular flexibility index (Phi) is 5.55. The molecule has 4 rings (SSSR count). The molecule has 1 unspecified atom stereocenters. The predicted molar refractivity (Wildman–Crippen MR) is 103 cm³/mol. The highest BCUT2D eigenvalue weighted by atomic mass is 32.2. The van der Waals surface area contributed by atoms with Crippen molar-refractivity contribution in [3.8, 4) is 10.7 Å². The first-order valence-electron chi connectivity index (χ1n) is 8.63. The van der Waals surface area contributed by atoms with E-state index in [1.54, 1.807) is 24.3 Å². The first kappa shape index (κ1) is 18.2. The van der Waals surface area contributed by atoms with Gasteiger partial charge in [-0.05, 0) is 31.2 Å². The molecule has 1 atom stereocenters. The van der Waals surface area contributed by atoms with Crippen molar-refractivity contribution in [3.05, 3.63) is 29.3 Å². The molecule has 0 bridgehead atoms. The summed E-state index contributed by atoms with van der Waals surface area (Å²) in [7, 11) is 0. The van der Waals surface area contributed by atoms with Gasteiger partial charge in [-0.25, -0.2) is 0 Å². The highest BCUT2D eigenvalue weighted by Gasteiger charge is 2.22. The number of thiophene rings is 1. The van der Waals surface area contributed by atoms with Crippen LogP contribution in [0.3, 0.4) is 0 Å². The number of anilines is 1. The molecule has 4 heterocycles. The number of hydrogen-bond donors (Lipinski definition) is 1. The highest BCUT2D eigenvalue weighted by Crippen LogP contribution is 2.29. The van der Waals surface area contributed by atoms with Crippen molar-refractivity contribution < 1.29 is 14.1 Å². The quantitative estimate of drug-likeness (QED) is 0.603. The smallest absolute Gasteiger partial charge is 0.236 e. The second-order valence-electron chi connectivity index (χ2n) is 6.19. The Morgan fingerprint density at radius 1 is 1.48 bits per heavy atom. The van der Waals surface area contributed by atoms with Crippen LogP contribution in [0.4, 0.5) is 5.82 Å². The monoisotopic (exact) mass is 405 g/mol. The molecule has 1 aliphatic heterocycles. The van der Waals surface area contributed by atoms with E-state index in [0.29, 0.717) is 23.3 Å². The van der Waals surface area contributed by atoms with Crippen molar-refractivity contribution in [2.24, 2.45) is 0 Å². The van der Waals surface area contributed by atoms with Gasteiger partial charge >= 0.3 is 0 Å². The minimum Gasteiger partial charge on any atom is -0.376 e. The Bertz CT molecular complexity index is 900. The van der Waals surface area contributed by atoms with Crippen LogP contribution in [0.15, 0.2) is 33.3 Å². The molecule has 1 amide bonds. The number of nitrogens with zero attached hydrogens (tertiary/aromatic N) is 4. The lowest BCUT2D eigenvalue weighted by atomic mass is 10.2. The van der Waals surface area contributed by atoms with Gasteiger partial charge in [0.1, 0.15) is 5.76 Å². The largest absolute Gasteiger partial charge is 0.376 e. The predicted octanol–water partition coefficient (Wildman–Crippen LogP) is 3.21. The van der Waals surface area contributed by atoms with Crippen LogP contribution in [-0.4, -0.2) is 44.3 Å². The third-order valence-electron chi connectivity index (χ3n) is 4.10. The van der Waals surface area contributed by atoms with E-state index in [1.165, 1.54) is 11.8 Å². The molecule has 27 heavy (non-hydrogen) atoms. The summed E-state index contributed by atoms with van der Waals surface area (Å²) in [5.41, 5.74) is 0. The fraction of sp³-hybridized carbons (Fsp3) is 0.412. The van der Waals surface area contributed by atoms with Gasteiger partial charge in [0.2, 0.25) is 5.91 Å². The van der Waals surface area contributed by atoms with Crippen molar-refractivity contribution in [1.29, 1.82) is 0 Å². The second-order valence-corrected chi connectivity index (χ2v) is 8.08. The molecule has 0 radical (unpaired) electrons. The van der Waals surface area contributed by atoms with Crippen LogP contribution in [0.5, 0.6) is 0 Å². The van der Waals surface area contributed by atoms with Crippen LogP contribution in [0, 0.1) is 6.92 Å². The molecule has 10 heteroatoms. The van der Waals surface area contributed by atoms with Crippen LogP contribution in [0.1, 0.15) is 18.6 Å². The van der Waals surface area contributed by atoms with Gasteiger partial charge in [-0.3, -0.25) is 9.36 Å². The summed E-state index contributed by atoms with van der Waals surface area (Å²) in [5, 5.41) is 17.9. The number of hydrogen-bond acceptors (Lipinski definition) is 8. The summed E-state index contributed by atoms with van der Waals surface area (Å²) in [5.74, 6) is 1.92. The number of thioether (sulfide) groups is 1. The number of amides is 1. The van der Waals surface area contributed by atoms with Crippen molar-refractivity contribution in [2.75, 3.05) is 17.7 Å². The van der Waals surface area contributed by atoms with Crippen LogP contribution >= 0.6 is 23.1 Å². The van der Waals surface area contributed by atoms with E-state index in [1.807, 2.05) is 17.5 Å². The second kappa shape index (κ2) is 8.24. The fourth-order valence-electron chi connectivity index (χ4n) is 2.87. The standard InChI is InChI=1S/C17H19N5O3S2/c1-11-8-14(21-25-11)18-15(23)10-27-17-20-19-16(13-5-3-7-26-13)22(17)9-12-4-2-6-24-12/h3,5,7-8,12H,2,4,6,9-10H2,1H3,(H,18,21,23). The van der Waals surface area contributed by atoms with E-state index in [0.717, 1.165) is 30.2 Å². The summed E-state index contributed by atoms with van der Waals surface area (Å²) in [6.45, 7) is 3.26. The third kappa shape index (κ3) is 4.40. The first-order chi connectivity index (χ1) is 13.2. The van der Waals surface area contributed by atoms with Crippen molar-refractivity contribution in [2.45, 2.75) is 37.6 Å². The van der Waals surface area contributed by atoms with Crippen molar-refractivity contribution >= 4 is 34.8 Å². The SMILES string of the molecule is Cc1cc(NC(=O)CSc2nnc(-c3cccs3)n2CC2CCCO2)no1. The lowest BCUT2D eigenvalue weighted by molar-refractivity contribution is -0.113. The number of nitrogens with one attached hydrogen (secondary N) is 1. The van der Waals surface area contributed by atoms with Crippen LogP contribution < -0.4 is 5.32 Å². The Morgan fingerprint density at radius 2 is 2.41 bits per heavy atom. The van der Waals surface area contributed by atoms with E-state index >= 15 is 0 Å². The molecule has 0 spiro atoms. The summed E-state index contributed by atoms with van der Waals surface area (Å²) >= 11 is 2.97. The Morgan fingerprint density at radius 3 is 3.11 bits per heavy atom. The maximum atomic E-state index is 12.2. The molecule has 1 saturated heterocycles. The van der Waals surface area contributed by atoms with E-state index in [2.05, 4.69) is 25.2 Å². The molecule has 3 aromatic heterocycles. The summed E-state index contributed by atoms with van der Waals surface area (Å²) < 4.78 is 12.8. The number of carbonyl (C=O) groups excluding carboxylic acids is 1. The average molecular weight is 406 g/mol. The van der Waals surface area contributed by atoms with Crippen LogP contribution in [-0.2, 0) is 16.1 Å². The Labute approximate surface area is 164 Å². The minimum absolute atomic E-state index is 0.158. The summed E-state index contributed by atoms with van der Waals surface area (Å²) in [6.07, 6.45) is 2.26. The van der Waals surface area contributed by atoms with E-state index < -0.39 is 0 Å². The molecule has 3 aromatic rings. The number of rotatable bonds is 7. The average Bonchev–Trinajstić information content (AvgIpc) is 3.42. The molecule has 8 nitrogen and oxygen atoms in total. The number of aryl methyl sites for hydroxylation is 1. The van der Waals surface area contributed by atoms with E-state index in [4.69, 9.17) is 9.26 Å². The van der Waals surface area contributed by atoms with E-state index in [9.17, 15) is 4.79 Å². The fourth-order valence-corrected chi connectivity index (χ4v) is 4.34. The molecular formula is C17H19N5O3S2. The van der Waals surface area contributed by atoms with Gasteiger partial charge in [-0.15, -0.1) is 21.5 Å². The van der Waals surface area contributed by atoms with Crippen molar-refractivity contribution in [1.82, 2.24) is 19.9 Å². The summed E-state index contributed by atoms with van der Waals surface area (Å²) in [6, 6.07) is 5.69. The zero-order chi connectivity index (χ0) is 18.6. The zero-order valence-electron chi connectivity index (χ0n) is 14.8. The summed E-state index contributed by atoms with van der Waals surface area (Å²) in [4.78, 5) is 13.2. The van der Waals surface area contributed by atoms with Gasteiger partial charge in [0.05, 0.1) is 23.3 Å². The molecule has 1 fully saturated rings. The molecule has 1 aliphatic rings. The lowest BCUT2D eigenvalue weighted by Gasteiger charge is -2.14. The minimum atomic E-state index is -0.169. The molecule has 1 N–H and O–H groups in total. The maximum absolute atomic E-state index is 12.2. The lowest BCUT2D eigenvalue weighted by Crippen LogP contribution is -2.18. The van der Waals surface area contributed by atoms with Gasteiger partial charge in [-0.1, -0.05) is 23.0 Å². The maximum Gasteiger partial charge on any atom is 0.236 e. The van der Waals surface area contributed by atoms with Gasteiger partial charge in [0.25, 0.3) is 0 Å². The van der Waals surface area contributed by atoms with Crippen molar-refractivity contribution in [3.63, 3.8) is 0 Å². The Balaban J connectivity index is 1.47. The third-order valence-corrected chi connectivity index (χ3v) is 5.93. The highest BCUT2D eigenvalue weighted by molar-refractivity contribution is 7.99. The van der Waals surface area contributed by atoms with Gasteiger partial charge in [0.15, 0.2) is 16.8 Å². The topological polar surface area (TPSA) is 95.1 Å². The molecule has 0 saturated carbocycles. The van der Waals surface area contributed by atoms with E-state index in [-0.39, 0.29) is 17.8 Å². The van der Waals surface area contributed by atoms with Gasteiger partial charge in [0, 0.05) is 12.7 Å².